The molecule has 7 nitrogen and oxygen atoms in total. The lowest BCUT2D eigenvalue weighted by Crippen LogP contribution is -2.09. The normalized spacial score (nSPS) is 12.2. The Hall–Kier alpha value is -3.64. The Kier molecular flexibility index (Phi) is 6.47. The van der Waals surface area contributed by atoms with Gasteiger partial charge < -0.3 is 14.2 Å². The summed E-state index contributed by atoms with van der Waals surface area (Å²) < 4.78 is 18.0. The molecule has 0 atom stereocenters. The van der Waals surface area contributed by atoms with Crippen LogP contribution in [0.3, 0.4) is 0 Å². The number of allylic oxidation sites excluding steroid dienone is 1. The lowest BCUT2D eigenvalue weighted by molar-refractivity contribution is 0.420. The molecule has 2 heterocycles. The number of hydrogen-bond donors (Lipinski definition) is 1. The molecule has 0 fully saturated rings. The zero-order valence-electron chi connectivity index (χ0n) is 18.5. The first kappa shape index (κ1) is 22.6. The van der Waals surface area contributed by atoms with E-state index in [-0.39, 0.29) is 28.8 Å². The van der Waals surface area contributed by atoms with Crippen molar-refractivity contribution in [3.8, 4) is 17.5 Å². The van der Waals surface area contributed by atoms with Crippen molar-refractivity contribution in [2.75, 3.05) is 5.75 Å². The quantitative estimate of drug-likeness (QED) is 0.230. The maximum Gasteiger partial charge on any atom is 0.191 e. The second-order valence-corrected chi connectivity index (χ2v) is 8.94. The van der Waals surface area contributed by atoms with Gasteiger partial charge in [0.2, 0.25) is 0 Å². The van der Waals surface area contributed by atoms with Crippen LogP contribution in [0.2, 0.25) is 0 Å². The molecule has 0 aliphatic rings. The standard InChI is InChI=1S/C24H23FN6OS/c1-15(2)13-31-23(16-8-4-5-9-18(16)25)28-29-24(31)33-14-21(32)17(12-26)22-27-19-10-6-7-11-20(19)30(22)3/h4-11,15,32H,13-14H2,1-3H3/b21-17-. The Balaban J connectivity index is 1.66. The van der Waals surface area contributed by atoms with Gasteiger partial charge in [-0.15, -0.1) is 10.2 Å². The average Bonchev–Trinajstić information content (AvgIpc) is 3.34. The van der Waals surface area contributed by atoms with Gasteiger partial charge in [0.25, 0.3) is 0 Å². The first-order valence-electron chi connectivity index (χ1n) is 10.5. The van der Waals surface area contributed by atoms with E-state index in [0.717, 1.165) is 11.0 Å². The molecule has 4 aromatic rings. The smallest absolute Gasteiger partial charge is 0.191 e. The fourth-order valence-corrected chi connectivity index (χ4v) is 4.41. The van der Waals surface area contributed by atoms with E-state index in [1.807, 2.05) is 35.9 Å². The van der Waals surface area contributed by atoms with Crippen molar-refractivity contribution in [2.24, 2.45) is 13.0 Å². The number of halogens is 1. The highest BCUT2D eigenvalue weighted by molar-refractivity contribution is 7.99. The Labute approximate surface area is 195 Å². The molecular weight excluding hydrogens is 439 g/mol. The molecule has 1 N–H and O–H groups in total. The van der Waals surface area contributed by atoms with Gasteiger partial charge >= 0.3 is 0 Å². The fourth-order valence-electron chi connectivity index (χ4n) is 3.58. The van der Waals surface area contributed by atoms with Crippen molar-refractivity contribution in [3.63, 3.8) is 0 Å². The summed E-state index contributed by atoms with van der Waals surface area (Å²) in [5.41, 5.74) is 2.08. The number of fused-ring (bicyclic) bond motifs is 1. The van der Waals surface area contributed by atoms with Crippen LogP contribution in [0.4, 0.5) is 4.39 Å². The van der Waals surface area contributed by atoms with Crippen LogP contribution in [0.1, 0.15) is 19.7 Å². The van der Waals surface area contributed by atoms with E-state index in [9.17, 15) is 14.8 Å². The maximum atomic E-state index is 14.4. The molecular formula is C24H23FN6OS. The summed E-state index contributed by atoms with van der Waals surface area (Å²) >= 11 is 1.24. The number of nitrogens with zero attached hydrogens (tertiary/aromatic N) is 6. The number of aryl methyl sites for hydroxylation is 1. The molecule has 0 unspecified atom stereocenters. The number of rotatable bonds is 7. The second-order valence-electron chi connectivity index (χ2n) is 8.00. The number of hydrogen-bond acceptors (Lipinski definition) is 6. The molecule has 0 bridgehead atoms. The minimum absolute atomic E-state index is 0.0968. The molecule has 168 valence electrons. The van der Waals surface area contributed by atoms with Crippen molar-refractivity contribution >= 4 is 28.4 Å². The molecule has 0 aliphatic carbocycles. The molecule has 4 rings (SSSR count). The van der Waals surface area contributed by atoms with E-state index in [4.69, 9.17) is 0 Å². The van der Waals surface area contributed by atoms with E-state index in [1.54, 1.807) is 22.8 Å². The highest BCUT2D eigenvalue weighted by Gasteiger charge is 2.20. The van der Waals surface area contributed by atoms with E-state index >= 15 is 0 Å². The van der Waals surface area contributed by atoms with E-state index < -0.39 is 0 Å². The molecule has 33 heavy (non-hydrogen) atoms. The van der Waals surface area contributed by atoms with Gasteiger partial charge in [-0.05, 0) is 30.2 Å². The third-order valence-electron chi connectivity index (χ3n) is 5.13. The van der Waals surface area contributed by atoms with Crippen LogP contribution in [-0.2, 0) is 13.6 Å². The van der Waals surface area contributed by atoms with E-state index in [1.165, 1.54) is 17.8 Å². The first-order chi connectivity index (χ1) is 15.9. The van der Waals surface area contributed by atoms with Crippen LogP contribution in [0, 0.1) is 23.1 Å². The molecule has 0 radical (unpaired) electrons. The van der Waals surface area contributed by atoms with Crippen molar-refractivity contribution < 1.29 is 9.50 Å². The summed E-state index contributed by atoms with van der Waals surface area (Å²) in [6.45, 7) is 4.69. The van der Waals surface area contributed by atoms with Crippen LogP contribution in [0.25, 0.3) is 28.0 Å². The lowest BCUT2D eigenvalue weighted by atomic mass is 10.2. The number of aliphatic hydroxyl groups is 1. The van der Waals surface area contributed by atoms with Gasteiger partial charge in [-0.25, -0.2) is 9.37 Å². The summed E-state index contributed by atoms with van der Waals surface area (Å²) in [4.78, 5) is 4.51. The molecule has 0 amide bonds. The van der Waals surface area contributed by atoms with Crippen molar-refractivity contribution in [3.05, 3.63) is 65.9 Å². The van der Waals surface area contributed by atoms with E-state index in [2.05, 4.69) is 35.1 Å². The minimum Gasteiger partial charge on any atom is -0.510 e. The number of nitriles is 1. The van der Waals surface area contributed by atoms with Crippen LogP contribution >= 0.6 is 11.8 Å². The number of benzene rings is 2. The van der Waals surface area contributed by atoms with Crippen molar-refractivity contribution in [2.45, 2.75) is 25.5 Å². The van der Waals surface area contributed by atoms with Gasteiger partial charge in [0.1, 0.15) is 23.2 Å². The van der Waals surface area contributed by atoms with Gasteiger partial charge in [-0.3, -0.25) is 0 Å². The summed E-state index contributed by atoms with van der Waals surface area (Å²) in [5.74, 6) is 0.718. The minimum atomic E-state index is -0.372. The largest absolute Gasteiger partial charge is 0.510 e. The van der Waals surface area contributed by atoms with Crippen LogP contribution in [-0.4, -0.2) is 35.2 Å². The third kappa shape index (κ3) is 4.47. The lowest BCUT2D eigenvalue weighted by Gasteiger charge is -2.13. The van der Waals surface area contributed by atoms with Gasteiger partial charge in [0.15, 0.2) is 16.8 Å². The fraction of sp³-hybridized carbons (Fsp3) is 0.250. The second kappa shape index (κ2) is 9.46. The van der Waals surface area contributed by atoms with E-state index in [0.29, 0.717) is 28.9 Å². The van der Waals surface area contributed by atoms with Gasteiger partial charge in [0, 0.05) is 13.6 Å². The molecule has 0 saturated heterocycles. The number of aromatic nitrogens is 5. The molecule has 2 aromatic carbocycles. The van der Waals surface area contributed by atoms with Crippen molar-refractivity contribution in [1.29, 1.82) is 5.26 Å². The SMILES string of the molecule is CC(C)Cn1c(SC/C(O)=C(\C#N)c2nc3ccccc3n2C)nnc1-c1ccccc1F. The predicted octanol–water partition coefficient (Wildman–Crippen LogP) is 5.21. The van der Waals surface area contributed by atoms with Gasteiger partial charge in [0.05, 0.1) is 22.3 Å². The summed E-state index contributed by atoms with van der Waals surface area (Å²) in [6, 6.07) is 16.1. The van der Waals surface area contributed by atoms with Crippen LogP contribution in [0.15, 0.2) is 59.4 Å². The number of thioether (sulfide) groups is 1. The molecule has 0 aliphatic heterocycles. The Morgan fingerprint density at radius 1 is 1.15 bits per heavy atom. The first-order valence-corrected chi connectivity index (χ1v) is 11.4. The highest BCUT2D eigenvalue weighted by Crippen LogP contribution is 2.29. The molecule has 0 spiro atoms. The maximum absolute atomic E-state index is 14.4. The molecule has 2 aromatic heterocycles. The number of para-hydroxylation sites is 2. The van der Waals surface area contributed by atoms with Crippen LogP contribution < -0.4 is 0 Å². The van der Waals surface area contributed by atoms with Gasteiger partial charge in [-0.2, -0.15) is 5.26 Å². The Morgan fingerprint density at radius 3 is 2.58 bits per heavy atom. The third-order valence-corrected chi connectivity index (χ3v) is 6.11. The summed E-state index contributed by atoms with van der Waals surface area (Å²) in [7, 11) is 1.81. The highest BCUT2D eigenvalue weighted by atomic mass is 32.2. The average molecular weight is 463 g/mol. The molecule has 9 heteroatoms. The summed E-state index contributed by atoms with van der Waals surface area (Å²) in [5, 5.41) is 29.5. The Bertz CT molecular complexity index is 1380. The molecule has 0 saturated carbocycles. The zero-order chi connectivity index (χ0) is 23.5. The van der Waals surface area contributed by atoms with Crippen LogP contribution in [0.5, 0.6) is 0 Å². The summed E-state index contributed by atoms with van der Waals surface area (Å²) in [6.07, 6.45) is 0. The monoisotopic (exact) mass is 462 g/mol. The number of aliphatic hydroxyl groups excluding tert-OH is 1. The zero-order valence-corrected chi connectivity index (χ0v) is 19.3. The van der Waals surface area contributed by atoms with Crippen molar-refractivity contribution in [1.82, 2.24) is 24.3 Å². The Morgan fingerprint density at radius 2 is 1.88 bits per heavy atom. The number of imidazole rings is 1. The topological polar surface area (TPSA) is 92.6 Å². The predicted molar refractivity (Wildman–Crippen MR) is 127 cm³/mol. The van der Waals surface area contributed by atoms with Gasteiger partial charge in [-0.1, -0.05) is 49.9 Å².